The van der Waals surface area contributed by atoms with Crippen molar-refractivity contribution >= 4 is 5.78 Å². The van der Waals surface area contributed by atoms with E-state index in [0.717, 1.165) is 29.7 Å². The van der Waals surface area contributed by atoms with E-state index in [1.54, 1.807) is 0 Å². The Balaban J connectivity index is 1.61. The Morgan fingerprint density at radius 3 is 2.26 bits per heavy atom. The molecule has 35 heavy (non-hydrogen) atoms. The molecule has 0 amide bonds. The van der Waals surface area contributed by atoms with Crippen molar-refractivity contribution < 1.29 is 4.79 Å². The van der Waals surface area contributed by atoms with E-state index in [-0.39, 0.29) is 16.2 Å². The molecule has 2 heteroatoms. The van der Waals surface area contributed by atoms with Gasteiger partial charge >= 0.3 is 0 Å². The average Bonchev–Trinajstić information content (AvgIpc) is 2.75. The average molecular weight is 480 g/mol. The number of allylic oxidation sites excluding steroid dienone is 3. The van der Waals surface area contributed by atoms with Crippen LogP contribution in [0.4, 0.5) is 0 Å². The molecule has 0 saturated heterocycles. The first-order valence-corrected chi connectivity index (χ1v) is 14.7. The van der Waals surface area contributed by atoms with Crippen LogP contribution in [-0.2, 0) is 4.79 Å². The molecule has 5 aliphatic carbocycles. The molecule has 5 aliphatic rings. The topological polar surface area (TPSA) is 20.3 Å². The van der Waals surface area contributed by atoms with Crippen LogP contribution in [0.1, 0.15) is 107 Å². The molecular weight excluding hydrogens is 426 g/mol. The van der Waals surface area contributed by atoms with E-state index >= 15 is 0 Å². The second-order valence-electron chi connectivity index (χ2n) is 15.6. The second-order valence-corrected chi connectivity index (χ2v) is 15.6. The van der Waals surface area contributed by atoms with Gasteiger partial charge in [0.2, 0.25) is 0 Å². The molecule has 0 spiro atoms. The van der Waals surface area contributed by atoms with Crippen LogP contribution in [0.2, 0.25) is 0 Å². The van der Waals surface area contributed by atoms with Crippen LogP contribution in [0.3, 0.4) is 0 Å². The first-order valence-electron chi connectivity index (χ1n) is 14.7. The van der Waals surface area contributed by atoms with Crippen molar-refractivity contribution in [3.63, 3.8) is 0 Å². The van der Waals surface area contributed by atoms with Gasteiger partial charge in [-0.15, -0.1) is 0 Å². The normalized spacial score (nSPS) is 52.1. The third-order valence-corrected chi connectivity index (χ3v) is 13.4. The quantitative estimate of drug-likeness (QED) is 0.278. The van der Waals surface area contributed by atoms with Gasteiger partial charge in [0, 0.05) is 31.3 Å². The summed E-state index contributed by atoms with van der Waals surface area (Å²) in [5.41, 5.74) is 3.89. The molecule has 0 N–H and O–H groups in total. The fourth-order valence-electron chi connectivity index (χ4n) is 11.1. The summed E-state index contributed by atoms with van der Waals surface area (Å²) in [6.45, 7) is 20.2. The van der Waals surface area contributed by atoms with Gasteiger partial charge in [-0.3, -0.25) is 4.79 Å². The largest absolute Gasteiger partial charge is 0.383 e. The third kappa shape index (κ3) is 3.22. The van der Waals surface area contributed by atoms with Crippen molar-refractivity contribution in [2.45, 2.75) is 107 Å². The highest BCUT2D eigenvalue weighted by Crippen LogP contribution is 2.75. The van der Waals surface area contributed by atoms with E-state index < -0.39 is 0 Å². The number of carbonyl (C=O) groups is 1. The van der Waals surface area contributed by atoms with Gasteiger partial charge in [0.1, 0.15) is 0 Å². The smallest absolute Gasteiger partial charge is 0.166 e. The van der Waals surface area contributed by atoms with Crippen molar-refractivity contribution in [2.75, 3.05) is 14.1 Å². The van der Waals surface area contributed by atoms with E-state index in [2.05, 4.69) is 86.7 Å². The maximum atomic E-state index is 13.7. The van der Waals surface area contributed by atoms with Crippen LogP contribution in [0.25, 0.3) is 0 Å². The van der Waals surface area contributed by atoms with Gasteiger partial charge in [-0.2, -0.15) is 0 Å². The fraction of sp³-hybridized carbons (Fsp3) is 0.848. The summed E-state index contributed by atoms with van der Waals surface area (Å²) in [6.07, 6.45) is 15.1. The van der Waals surface area contributed by atoms with E-state index in [1.165, 1.54) is 44.9 Å². The number of rotatable bonds is 1. The predicted molar refractivity (Wildman–Crippen MR) is 147 cm³/mol. The molecule has 9 atom stereocenters. The predicted octanol–water partition coefficient (Wildman–Crippen LogP) is 8.29. The number of fused-ring (bicyclic) bond motifs is 7. The van der Waals surface area contributed by atoms with E-state index in [4.69, 9.17) is 0 Å². The lowest BCUT2D eigenvalue weighted by molar-refractivity contribution is -0.178. The number of Topliss-reactive ketones (excluding diaryl/α,β-unsaturated/α-hetero) is 1. The van der Waals surface area contributed by atoms with E-state index in [0.29, 0.717) is 28.4 Å². The fourth-order valence-corrected chi connectivity index (χ4v) is 11.1. The van der Waals surface area contributed by atoms with E-state index in [1.807, 2.05) is 5.57 Å². The molecule has 0 radical (unpaired) electrons. The second kappa shape index (κ2) is 7.73. The van der Waals surface area contributed by atoms with Crippen molar-refractivity contribution in [1.82, 2.24) is 4.90 Å². The van der Waals surface area contributed by atoms with Gasteiger partial charge in [0.05, 0.1) is 0 Å². The zero-order valence-corrected chi connectivity index (χ0v) is 24.6. The minimum Gasteiger partial charge on any atom is -0.383 e. The summed E-state index contributed by atoms with van der Waals surface area (Å²) in [5.74, 6) is 3.88. The lowest BCUT2D eigenvalue weighted by Gasteiger charge is -2.71. The van der Waals surface area contributed by atoms with Crippen LogP contribution >= 0.6 is 0 Å². The third-order valence-electron chi connectivity index (χ3n) is 13.4. The van der Waals surface area contributed by atoms with Gasteiger partial charge < -0.3 is 4.90 Å². The Kier molecular flexibility index (Phi) is 5.65. The van der Waals surface area contributed by atoms with Gasteiger partial charge in [-0.1, -0.05) is 67.0 Å². The van der Waals surface area contributed by atoms with Crippen LogP contribution in [-0.4, -0.2) is 24.8 Å². The minimum absolute atomic E-state index is 0.170. The van der Waals surface area contributed by atoms with Gasteiger partial charge in [-0.05, 0) is 103 Å². The summed E-state index contributed by atoms with van der Waals surface area (Å²) < 4.78 is 0. The molecule has 1 unspecified atom stereocenters. The molecule has 196 valence electrons. The Morgan fingerprint density at radius 2 is 1.60 bits per heavy atom. The van der Waals surface area contributed by atoms with Gasteiger partial charge in [-0.25, -0.2) is 0 Å². The Morgan fingerprint density at radius 1 is 0.914 bits per heavy atom. The number of hydrogen-bond acceptors (Lipinski definition) is 2. The SMILES string of the molecule is C[C@H]1[C@H](C)CC[C@]2(C)CC[C@]3(C)C(=CC[C@@H]4[C@@]5(C)C/C(=C/N(C)C)C(=O)C(C)(C)C5CC[C@]43C)[C@H]12. The maximum Gasteiger partial charge on any atom is 0.166 e. The van der Waals surface area contributed by atoms with Crippen molar-refractivity contribution in [1.29, 1.82) is 0 Å². The number of ketones is 1. The number of hydrogen-bond donors (Lipinski definition) is 0. The molecule has 0 aromatic heterocycles. The summed E-state index contributed by atoms with van der Waals surface area (Å²) in [4.78, 5) is 15.7. The molecular formula is C33H53NO. The van der Waals surface area contributed by atoms with Crippen molar-refractivity contribution in [3.8, 4) is 0 Å². The van der Waals surface area contributed by atoms with Gasteiger partial charge in [0.25, 0.3) is 0 Å². The summed E-state index contributed by atoms with van der Waals surface area (Å²) in [5, 5.41) is 0. The molecule has 0 heterocycles. The van der Waals surface area contributed by atoms with Crippen LogP contribution in [0, 0.1) is 56.7 Å². The molecule has 0 aromatic rings. The Labute approximate surface area is 216 Å². The zero-order chi connectivity index (χ0) is 25.8. The van der Waals surface area contributed by atoms with E-state index in [9.17, 15) is 4.79 Å². The Hall–Kier alpha value is -1.05. The summed E-state index contributed by atoms with van der Waals surface area (Å²) in [6, 6.07) is 0. The maximum absolute atomic E-state index is 13.7. The molecule has 0 aromatic carbocycles. The molecule has 4 fully saturated rings. The van der Waals surface area contributed by atoms with Crippen molar-refractivity contribution in [3.05, 3.63) is 23.4 Å². The highest BCUT2D eigenvalue weighted by Gasteiger charge is 2.68. The zero-order valence-electron chi connectivity index (χ0n) is 24.6. The highest BCUT2D eigenvalue weighted by atomic mass is 16.1. The molecule has 0 bridgehead atoms. The molecule has 4 saturated carbocycles. The monoisotopic (exact) mass is 479 g/mol. The Bertz CT molecular complexity index is 972. The number of nitrogens with zero attached hydrogens (tertiary/aromatic N) is 1. The van der Waals surface area contributed by atoms with Crippen molar-refractivity contribution in [2.24, 2.45) is 56.7 Å². The van der Waals surface area contributed by atoms with Crippen LogP contribution in [0.15, 0.2) is 23.4 Å². The summed E-state index contributed by atoms with van der Waals surface area (Å²) in [7, 11) is 4.13. The first kappa shape index (κ1) is 25.6. The molecule has 5 rings (SSSR count). The molecule has 0 aliphatic heterocycles. The number of carbonyl (C=O) groups excluding carboxylic acids is 1. The van der Waals surface area contributed by atoms with Crippen LogP contribution < -0.4 is 0 Å². The van der Waals surface area contributed by atoms with Crippen LogP contribution in [0.5, 0.6) is 0 Å². The minimum atomic E-state index is -0.278. The summed E-state index contributed by atoms with van der Waals surface area (Å²) >= 11 is 0. The highest BCUT2D eigenvalue weighted by molar-refractivity contribution is 6.00. The lowest BCUT2D eigenvalue weighted by Crippen LogP contribution is -2.64. The molecule has 2 nitrogen and oxygen atoms in total. The lowest BCUT2D eigenvalue weighted by atomic mass is 9.33. The van der Waals surface area contributed by atoms with Gasteiger partial charge in [0.15, 0.2) is 5.78 Å². The standard InChI is InChI=1S/C33H53NO/c1-21-13-15-30(5)17-18-32(7)24(27(30)22(21)2)11-12-26-31(6)19-23(20-34(9)10)28(35)29(3,4)25(31)14-16-33(26,32)8/h11,20-22,25-27H,12-19H2,1-10H3/b23-20-/t21-,22+,25?,26-,27+,30-,31+,32-,33-/m1/s1. The first-order chi connectivity index (χ1) is 16.1.